The summed E-state index contributed by atoms with van der Waals surface area (Å²) in [6, 6.07) is 0. The van der Waals surface area contributed by atoms with Crippen LogP contribution in [0, 0.1) is 11.3 Å². The van der Waals surface area contributed by atoms with Crippen molar-refractivity contribution in [3.05, 3.63) is 0 Å². The molecule has 0 aliphatic heterocycles. The zero-order valence-corrected chi connectivity index (χ0v) is 12.9. The molecule has 1 N–H and O–H groups in total. The first kappa shape index (κ1) is 16.0. The molecule has 2 nitrogen and oxygen atoms in total. The molecule has 0 aromatic heterocycles. The van der Waals surface area contributed by atoms with Gasteiger partial charge in [0.05, 0.1) is 0 Å². The third-order valence-corrected chi connectivity index (χ3v) is 4.59. The number of amides is 1. The number of nitrogens with one attached hydrogen (secondary N) is 1. The predicted molar refractivity (Wildman–Crippen MR) is 73.9 cm³/mol. The van der Waals surface area contributed by atoms with Gasteiger partial charge in [0.25, 0.3) is 0 Å². The molecule has 0 saturated carbocycles. The average Bonchev–Trinajstić information content (AvgIpc) is 2.27. The molecular formula is C13H26BrNO. The van der Waals surface area contributed by atoms with E-state index in [1.54, 1.807) is 0 Å². The van der Waals surface area contributed by atoms with Gasteiger partial charge in [-0.15, -0.1) is 0 Å². The maximum absolute atomic E-state index is 11.9. The highest BCUT2D eigenvalue weighted by molar-refractivity contribution is 9.09. The van der Waals surface area contributed by atoms with E-state index >= 15 is 0 Å². The lowest BCUT2D eigenvalue weighted by Gasteiger charge is -2.25. The Bertz CT molecular complexity index is 212. The topological polar surface area (TPSA) is 29.1 Å². The van der Waals surface area contributed by atoms with E-state index < -0.39 is 0 Å². The van der Waals surface area contributed by atoms with Crippen molar-refractivity contribution in [3.63, 3.8) is 0 Å². The van der Waals surface area contributed by atoms with Crippen molar-refractivity contribution in [1.82, 2.24) is 5.32 Å². The minimum absolute atomic E-state index is 0.158. The minimum Gasteiger partial charge on any atom is -0.355 e. The van der Waals surface area contributed by atoms with Crippen molar-refractivity contribution in [3.8, 4) is 0 Å². The second-order valence-corrected chi connectivity index (χ2v) is 6.22. The molecule has 0 aliphatic rings. The highest BCUT2D eigenvalue weighted by atomic mass is 79.9. The van der Waals surface area contributed by atoms with Crippen molar-refractivity contribution in [2.45, 2.75) is 58.7 Å². The summed E-state index contributed by atoms with van der Waals surface area (Å²) >= 11 is 3.67. The Morgan fingerprint density at radius 2 is 1.75 bits per heavy atom. The molecule has 0 aliphatic carbocycles. The molecule has 0 heterocycles. The van der Waals surface area contributed by atoms with E-state index in [9.17, 15) is 4.79 Å². The van der Waals surface area contributed by atoms with Gasteiger partial charge < -0.3 is 5.32 Å². The molecule has 0 aromatic rings. The van der Waals surface area contributed by atoms with E-state index in [-0.39, 0.29) is 11.3 Å². The molecule has 3 heteroatoms. The van der Waals surface area contributed by atoms with Gasteiger partial charge >= 0.3 is 0 Å². The Balaban J connectivity index is 4.10. The van der Waals surface area contributed by atoms with Crippen LogP contribution in [0.3, 0.4) is 0 Å². The number of alkyl halides is 1. The number of carbonyl (C=O) groups is 1. The molecule has 0 spiro atoms. The van der Waals surface area contributed by atoms with Crippen LogP contribution < -0.4 is 5.32 Å². The van der Waals surface area contributed by atoms with Gasteiger partial charge in [0.15, 0.2) is 0 Å². The van der Waals surface area contributed by atoms with E-state index in [1.807, 2.05) is 20.8 Å². The lowest BCUT2D eigenvalue weighted by Crippen LogP contribution is -2.40. The summed E-state index contributed by atoms with van der Waals surface area (Å²) in [6.07, 6.45) is 3.18. The molecule has 0 fully saturated rings. The average molecular weight is 292 g/mol. The number of carbonyl (C=O) groups excluding carboxylic acids is 1. The van der Waals surface area contributed by atoms with Crippen LogP contribution in [-0.2, 0) is 4.79 Å². The van der Waals surface area contributed by atoms with Crippen molar-refractivity contribution < 1.29 is 4.79 Å². The molecule has 0 rings (SSSR count). The van der Waals surface area contributed by atoms with Crippen molar-refractivity contribution in [2.75, 3.05) is 6.54 Å². The first-order valence-corrected chi connectivity index (χ1v) is 7.22. The van der Waals surface area contributed by atoms with Gasteiger partial charge in [-0.05, 0) is 12.3 Å². The van der Waals surface area contributed by atoms with Gasteiger partial charge in [-0.3, -0.25) is 4.79 Å². The van der Waals surface area contributed by atoms with Gasteiger partial charge in [0, 0.05) is 16.8 Å². The van der Waals surface area contributed by atoms with Gasteiger partial charge in [0.1, 0.15) is 0 Å². The fourth-order valence-corrected chi connectivity index (χ4v) is 2.47. The van der Waals surface area contributed by atoms with Gasteiger partial charge in [-0.25, -0.2) is 0 Å². The smallest absolute Gasteiger partial charge is 0.225 e. The minimum atomic E-state index is -0.249. The molecule has 1 unspecified atom stereocenters. The Kier molecular flexibility index (Phi) is 7.29. The summed E-state index contributed by atoms with van der Waals surface area (Å²) in [5.41, 5.74) is -0.249. The molecule has 1 amide bonds. The number of hydrogen-bond acceptors (Lipinski definition) is 1. The van der Waals surface area contributed by atoms with E-state index in [2.05, 4.69) is 35.1 Å². The Labute approximate surface area is 109 Å². The standard InChI is InChI=1S/C13H26BrNO/c1-6-10(7-2)11(14)9-15-12(16)13(4,5)8-3/h10-11H,6-9H2,1-5H3,(H,15,16). The van der Waals surface area contributed by atoms with Crippen LogP contribution in [0.2, 0.25) is 0 Å². The quantitative estimate of drug-likeness (QED) is 0.712. The first-order valence-electron chi connectivity index (χ1n) is 6.31. The SMILES string of the molecule is CCC(CC)C(Br)CNC(=O)C(C)(C)CC. The van der Waals surface area contributed by atoms with Crippen LogP contribution in [0.5, 0.6) is 0 Å². The Morgan fingerprint density at radius 1 is 1.25 bits per heavy atom. The monoisotopic (exact) mass is 291 g/mol. The third kappa shape index (κ3) is 4.86. The van der Waals surface area contributed by atoms with E-state index in [0.717, 1.165) is 25.8 Å². The molecule has 0 saturated heterocycles. The molecule has 1 atom stereocenters. The van der Waals surface area contributed by atoms with Crippen molar-refractivity contribution >= 4 is 21.8 Å². The summed E-state index contributed by atoms with van der Waals surface area (Å²) in [5.74, 6) is 0.801. The highest BCUT2D eigenvalue weighted by Crippen LogP contribution is 2.22. The Morgan fingerprint density at radius 3 is 2.12 bits per heavy atom. The highest BCUT2D eigenvalue weighted by Gasteiger charge is 2.26. The number of halogens is 1. The van der Waals surface area contributed by atoms with Crippen LogP contribution in [0.15, 0.2) is 0 Å². The maximum Gasteiger partial charge on any atom is 0.225 e. The second-order valence-electron chi connectivity index (χ2n) is 5.04. The van der Waals surface area contributed by atoms with Crippen LogP contribution >= 0.6 is 15.9 Å². The molecule has 0 aromatic carbocycles. The van der Waals surface area contributed by atoms with Crippen LogP contribution in [0.4, 0.5) is 0 Å². The second kappa shape index (κ2) is 7.31. The van der Waals surface area contributed by atoms with E-state index in [4.69, 9.17) is 0 Å². The lowest BCUT2D eigenvalue weighted by atomic mass is 9.89. The van der Waals surface area contributed by atoms with Crippen LogP contribution in [0.25, 0.3) is 0 Å². The van der Waals surface area contributed by atoms with E-state index in [0.29, 0.717) is 10.7 Å². The molecule has 16 heavy (non-hydrogen) atoms. The maximum atomic E-state index is 11.9. The molecule has 96 valence electrons. The predicted octanol–water partition coefficient (Wildman–Crippen LogP) is 3.74. The van der Waals surface area contributed by atoms with Gasteiger partial charge in [-0.1, -0.05) is 63.4 Å². The number of rotatable bonds is 7. The normalized spacial score (nSPS) is 13.9. The summed E-state index contributed by atoms with van der Waals surface area (Å²) < 4.78 is 0. The third-order valence-electron chi connectivity index (χ3n) is 3.52. The fraction of sp³-hybridized carbons (Fsp3) is 0.923. The van der Waals surface area contributed by atoms with Gasteiger partial charge in [-0.2, -0.15) is 0 Å². The summed E-state index contributed by atoms with van der Waals surface area (Å²) in [5, 5.41) is 3.04. The summed E-state index contributed by atoms with van der Waals surface area (Å²) in [4.78, 5) is 12.3. The zero-order valence-electron chi connectivity index (χ0n) is 11.3. The number of hydrogen-bond donors (Lipinski definition) is 1. The summed E-state index contributed by atoms with van der Waals surface area (Å²) in [7, 11) is 0. The fourth-order valence-electron chi connectivity index (χ4n) is 1.56. The Hall–Kier alpha value is -0.0500. The lowest BCUT2D eigenvalue weighted by molar-refractivity contribution is -0.129. The largest absolute Gasteiger partial charge is 0.355 e. The van der Waals surface area contributed by atoms with Crippen molar-refractivity contribution in [2.24, 2.45) is 11.3 Å². The van der Waals surface area contributed by atoms with Crippen LogP contribution in [0.1, 0.15) is 53.9 Å². The zero-order chi connectivity index (χ0) is 12.8. The molecule has 0 bridgehead atoms. The first-order chi connectivity index (χ1) is 7.38. The molecule has 0 radical (unpaired) electrons. The van der Waals surface area contributed by atoms with Crippen LogP contribution in [-0.4, -0.2) is 17.3 Å². The summed E-state index contributed by atoms with van der Waals surface area (Å²) in [6.45, 7) is 11.1. The van der Waals surface area contributed by atoms with E-state index in [1.165, 1.54) is 0 Å². The molecular weight excluding hydrogens is 266 g/mol. The van der Waals surface area contributed by atoms with Crippen molar-refractivity contribution in [1.29, 1.82) is 0 Å². The van der Waals surface area contributed by atoms with Gasteiger partial charge in [0.2, 0.25) is 5.91 Å².